The van der Waals surface area contributed by atoms with Crippen molar-refractivity contribution >= 4 is 27.0 Å². The first kappa shape index (κ1) is 25.9. The van der Waals surface area contributed by atoms with Crippen molar-refractivity contribution in [1.82, 2.24) is 9.47 Å². The van der Waals surface area contributed by atoms with Crippen molar-refractivity contribution in [1.29, 1.82) is 0 Å². The van der Waals surface area contributed by atoms with E-state index in [0.29, 0.717) is 6.42 Å². The van der Waals surface area contributed by atoms with Crippen molar-refractivity contribution in [3.63, 3.8) is 0 Å². The number of hydrogen-bond donors (Lipinski definition) is 2. The number of piperidine rings is 1. The fourth-order valence-electron chi connectivity index (χ4n) is 6.81. The van der Waals surface area contributed by atoms with Crippen LogP contribution in [0.5, 0.6) is 0 Å². The summed E-state index contributed by atoms with van der Waals surface area (Å²) in [6.45, 7) is 6.20. The fraction of sp³-hybridized carbons (Fsp3) is 0.464. The summed E-state index contributed by atoms with van der Waals surface area (Å²) >= 11 is 0. The Kier molecular flexibility index (Phi) is 6.47. The number of methoxy groups -OCH3 is 1. The second kappa shape index (κ2) is 9.23. The molecule has 9 heteroatoms. The number of esters is 1. The van der Waals surface area contributed by atoms with E-state index >= 15 is 0 Å². The van der Waals surface area contributed by atoms with Crippen LogP contribution >= 0.6 is 0 Å². The van der Waals surface area contributed by atoms with E-state index < -0.39 is 21.8 Å². The Morgan fingerprint density at radius 2 is 1.84 bits per heavy atom. The minimum Gasteiger partial charge on any atom is -0.465 e. The van der Waals surface area contributed by atoms with Crippen molar-refractivity contribution < 1.29 is 27.6 Å². The van der Waals surface area contributed by atoms with Gasteiger partial charge in [0.25, 0.3) is 10.1 Å². The Bertz CT molecular complexity index is 1450. The summed E-state index contributed by atoms with van der Waals surface area (Å²) in [4.78, 5) is 15.3. The lowest BCUT2D eigenvalue weighted by Crippen LogP contribution is -2.60. The lowest BCUT2D eigenvalue weighted by Gasteiger charge is -2.57. The maximum Gasteiger partial charge on any atom is 0.359 e. The molecular formula is C28H34N2O6S. The molecule has 1 aromatic heterocycles. The maximum atomic E-state index is 12.8. The Labute approximate surface area is 217 Å². The molecule has 3 aliphatic rings. The lowest BCUT2D eigenvalue weighted by atomic mass is 9.62. The van der Waals surface area contributed by atoms with E-state index in [9.17, 15) is 18.3 Å². The fourth-order valence-corrected chi connectivity index (χ4v) is 7.29. The number of hydrogen-bond acceptors (Lipinski definition) is 6. The average molecular weight is 527 g/mol. The molecule has 0 radical (unpaired) electrons. The minimum absolute atomic E-state index is 0.0666. The topological polar surface area (TPSA) is 109 Å². The third-order valence-electron chi connectivity index (χ3n) is 8.50. The van der Waals surface area contributed by atoms with E-state index in [1.807, 2.05) is 29.7 Å². The van der Waals surface area contributed by atoms with Gasteiger partial charge in [-0.2, -0.15) is 8.42 Å². The molecule has 2 aromatic carbocycles. The largest absolute Gasteiger partial charge is 0.465 e. The monoisotopic (exact) mass is 526 g/mol. The van der Waals surface area contributed by atoms with Crippen LogP contribution in [0.4, 0.5) is 0 Å². The molecule has 0 amide bonds. The number of rotatable bonds is 3. The Morgan fingerprint density at radius 3 is 2.49 bits per heavy atom. The number of carbonyl (C=O) groups excluding carboxylic acids is 1. The Balaban J connectivity index is 0.000000215. The maximum absolute atomic E-state index is 12.8. The first-order valence-electron chi connectivity index (χ1n) is 12.8. The molecule has 3 aliphatic heterocycles. The van der Waals surface area contributed by atoms with Crippen LogP contribution in [0.1, 0.15) is 55.5 Å². The van der Waals surface area contributed by atoms with E-state index in [-0.39, 0.29) is 16.4 Å². The molecule has 4 heterocycles. The minimum atomic E-state index is -4.02. The van der Waals surface area contributed by atoms with Gasteiger partial charge in [-0.15, -0.1) is 0 Å². The predicted octanol–water partition coefficient (Wildman–Crippen LogP) is 4.19. The molecular weight excluding hydrogens is 492 g/mol. The van der Waals surface area contributed by atoms with Crippen LogP contribution in [-0.4, -0.2) is 53.7 Å². The van der Waals surface area contributed by atoms with E-state index in [1.165, 1.54) is 30.2 Å². The van der Waals surface area contributed by atoms with Crippen LogP contribution in [0.2, 0.25) is 0 Å². The van der Waals surface area contributed by atoms with Crippen molar-refractivity contribution in [3.05, 3.63) is 65.4 Å². The molecule has 2 N–H and O–H groups in total. The van der Waals surface area contributed by atoms with Gasteiger partial charge in [0, 0.05) is 24.0 Å². The Hall–Kier alpha value is -2.72. The van der Waals surface area contributed by atoms with E-state index in [4.69, 9.17) is 9.29 Å². The third kappa shape index (κ3) is 4.09. The number of para-hydroxylation sites is 1. The molecule has 1 saturated heterocycles. The number of carbonyl (C=O) groups is 1. The molecule has 0 bridgehead atoms. The quantitative estimate of drug-likeness (QED) is 0.389. The summed E-state index contributed by atoms with van der Waals surface area (Å²) in [5.41, 5.74) is 2.65. The van der Waals surface area contributed by atoms with Gasteiger partial charge in [-0.3, -0.25) is 9.45 Å². The standard InChI is InChI=1S/C21H26N2O3.C7H8O3S/c1-3-20-10-6-11-22-12-9-15-14-7-4-5-8-16(14)23(17(15)18(20)22)21(25,13-20)19(24)26-2;1-6-2-4-7(5-3-6)11(8,9)10/h4-5,7-8,18,25H,3,6,9-13H2,1-2H3;2-5H,1H3,(H,8,9,10)/t18-,20+,21+;/m1./s1. The molecule has 198 valence electrons. The van der Waals surface area contributed by atoms with Gasteiger partial charge in [0.15, 0.2) is 0 Å². The predicted molar refractivity (Wildman–Crippen MR) is 140 cm³/mol. The summed E-state index contributed by atoms with van der Waals surface area (Å²) in [6, 6.07) is 14.4. The first-order chi connectivity index (χ1) is 17.6. The highest BCUT2D eigenvalue weighted by Crippen LogP contribution is 2.60. The molecule has 3 aromatic rings. The number of ether oxygens (including phenoxy) is 1. The van der Waals surface area contributed by atoms with Gasteiger partial charge in [-0.05, 0) is 68.3 Å². The van der Waals surface area contributed by atoms with E-state index in [2.05, 4.69) is 17.9 Å². The second-order valence-electron chi connectivity index (χ2n) is 10.5. The summed E-state index contributed by atoms with van der Waals surface area (Å²) in [6.07, 6.45) is 4.52. The highest BCUT2D eigenvalue weighted by atomic mass is 32.2. The van der Waals surface area contributed by atoms with Gasteiger partial charge in [0.1, 0.15) is 0 Å². The smallest absolute Gasteiger partial charge is 0.359 e. The second-order valence-corrected chi connectivity index (χ2v) is 11.9. The SMILES string of the molecule is CC[C@]12CCCN3CCc4c(n(c5ccccc45)[C@@](O)(C(=O)OC)C1)[C@@H]32.Cc1ccc(S(=O)(=O)O)cc1. The zero-order valence-corrected chi connectivity index (χ0v) is 22.3. The number of fused-ring (bicyclic) bond motifs is 3. The molecule has 0 saturated carbocycles. The van der Waals surface area contributed by atoms with Crippen LogP contribution in [0.15, 0.2) is 53.4 Å². The molecule has 0 spiro atoms. The molecule has 37 heavy (non-hydrogen) atoms. The average Bonchev–Trinajstić information content (AvgIpc) is 3.23. The van der Waals surface area contributed by atoms with Crippen LogP contribution < -0.4 is 0 Å². The van der Waals surface area contributed by atoms with Gasteiger partial charge in [0.2, 0.25) is 5.72 Å². The van der Waals surface area contributed by atoms with Crippen molar-refractivity contribution in [3.8, 4) is 0 Å². The molecule has 6 rings (SSSR count). The van der Waals surface area contributed by atoms with Gasteiger partial charge in [0.05, 0.1) is 23.6 Å². The van der Waals surface area contributed by atoms with E-state index in [1.54, 1.807) is 12.1 Å². The molecule has 8 nitrogen and oxygen atoms in total. The highest BCUT2D eigenvalue weighted by Gasteiger charge is 2.60. The third-order valence-corrected chi connectivity index (χ3v) is 9.37. The number of aromatic nitrogens is 1. The summed E-state index contributed by atoms with van der Waals surface area (Å²) in [5.74, 6) is -0.546. The number of aliphatic hydroxyl groups is 1. The normalized spacial score (nSPS) is 26.7. The Morgan fingerprint density at radius 1 is 1.14 bits per heavy atom. The first-order valence-corrected chi connectivity index (χ1v) is 14.2. The van der Waals surface area contributed by atoms with Gasteiger partial charge in [-0.1, -0.05) is 42.8 Å². The number of nitrogens with zero attached hydrogens (tertiary/aromatic N) is 2. The summed E-state index contributed by atoms with van der Waals surface area (Å²) in [7, 11) is -2.65. The molecule has 1 fully saturated rings. The zero-order valence-electron chi connectivity index (χ0n) is 21.5. The highest BCUT2D eigenvalue weighted by molar-refractivity contribution is 7.85. The van der Waals surface area contributed by atoms with Crippen LogP contribution in [0.3, 0.4) is 0 Å². The van der Waals surface area contributed by atoms with Crippen LogP contribution in [0, 0.1) is 12.3 Å². The van der Waals surface area contributed by atoms with Crippen LogP contribution in [-0.2, 0) is 31.8 Å². The molecule has 0 unspecified atom stereocenters. The van der Waals surface area contributed by atoms with Crippen molar-refractivity contribution in [2.75, 3.05) is 20.2 Å². The number of aryl methyl sites for hydroxylation is 1. The molecule has 0 aliphatic carbocycles. The van der Waals surface area contributed by atoms with Gasteiger partial charge >= 0.3 is 5.97 Å². The van der Waals surface area contributed by atoms with Gasteiger partial charge < -0.3 is 14.4 Å². The zero-order chi connectivity index (χ0) is 26.6. The van der Waals surface area contributed by atoms with E-state index in [0.717, 1.165) is 55.5 Å². The summed E-state index contributed by atoms with van der Waals surface area (Å²) in [5, 5.41) is 12.9. The lowest BCUT2D eigenvalue weighted by molar-refractivity contribution is -0.194. The van der Waals surface area contributed by atoms with Crippen molar-refractivity contribution in [2.24, 2.45) is 5.41 Å². The summed E-state index contributed by atoms with van der Waals surface area (Å²) < 4.78 is 36.6. The van der Waals surface area contributed by atoms with Crippen LogP contribution in [0.25, 0.3) is 10.9 Å². The van der Waals surface area contributed by atoms with Crippen molar-refractivity contribution in [2.45, 2.75) is 62.6 Å². The molecule has 3 atom stereocenters. The van der Waals surface area contributed by atoms with Gasteiger partial charge in [-0.25, -0.2) is 4.79 Å². The number of benzene rings is 2.